The van der Waals surface area contributed by atoms with Crippen LogP contribution < -0.4 is 20.6 Å². The molecule has 3 heterocycles. The number of nitrogens with zero attached hydrogens (tertiary/aromatic N) is 5. The molecule has 2 aromatic carbocycles. The van der Waals surface area contributed by atoms with E-state index in [9.17, 15) is 4.79 Å². The largest absolute Gasteiger partial charge is 0.424 e. The lowest BCUT2D eigenvalue weighted by atomic mass is 10.1. The molecule has 1 N–H and O–H groups in total. The Morgan fingerprint density at radius 1 is 1.00 bits per heavy atom. The molecule has 0 amide bonds. The van der Waals surface area contributed by atoms with E-state index >= 15 is 0 Å². The van der Waals surface area contributed by atoms with Gasteiger partial charge in [0.15, 0.2) is 0 Å². The molecule has 0 bridgehead atoms. The van der Waals surface area contributed by atoms with E-state index in [0.717, 1.165) is 49.4 Å². The summed E-state index contributed by atoms with van der Waals surface area (Å²) >= 11 is 0. The number of ether oxygens (including phenoxy) is 1. The van der Waals surface area contributed by atoms with Crippen molar-refractivity contribution < 1.29 is 9.15 Å². The minimum absolute atomic E-state index is 0.163. The van der Waals surface area contributed by atoms with Gasteiger partial charge in [-0.05, 0) is 43.3 Å². The first-order valence-electron chi connectivity index (χ1n) is 11.4. The SMILES string of the molecule is CCN1CCN(c2nc(Nc3ccccc3)nc(Oc3ccc4c(C)cc(=O)oc4c3)n2)CC1. The van der Waals surface area contributed by atoms with Gasteiger partial charge in [0.2, 0.25) is 11.9 Å². The summed E-state index contributed by atoms with van der Waals surface area (Å²) < 4.78 is 11.4. The molecular formula is C25H26N6O3. The number of benzene rings is 2. The number of fused-ring (bicyclic) bond motifs is 1. The zero-order valence-corrected chi connectivity index (χ0v) is 19.2. The lowest BCUT2D eigenvalue weighted by Gasteiger charge is -2.34. The first-order valence-corrected chi connectivity index (χ1v) is 11.4. The molecule has 4 aromatic rings. The third-order valence-electron chi connectivity index (χ3n) is 5.87. The van der Waals surface area contributed by atoms with E-state index in [-0.39, 0.29) is 6.01 Å². The maximum absolute atomic E-state index is 11.8. The van der Waals surface area contributed by atoms with E-state index in [1.54, 1.807) is 6.07 Å². The summed E-state index contributed by atoms with van der Waals surface area (Å²) in [4.78, 5) is 30.1. The zero-order chi connectivity index (χ0) is 23.5. The highest BCUT2D eigenvalue weighted by atomic mass is 16.5. The first kappa shape index (κ1) is 21.8. The number of rotatable bonds is 6. The van der Waals surface area contributed by atoms with Gasteiger partial charge in [0, 0.05) is 49.4 Å². The van der Waals surface area contributed by atoms with Crippen LogP contribution in [0.1, 0.15) is 12.5 Å². The van der Waals surface area contributed by atoms with Crippen LogP contribution in [0.3, 0.4) is 0 Å². The average Bonchev–Trinajstić information content (AvgIpc) is 2.84. The number of aromatic nitrogens is 3. The van der Waals surface area contributed by atoms with Gasteiger partial charge in [0.1, 0.15) is 11.3 Å². The highest BCUT2D eigenvalue weighted by Crippen LogP contribution is 2.27. The Kier molecular flexibility index (Phi) is 6.09. The van der Waals surface area contributed by atoms with Crippen LogP contribution in [0.2, 0.25) is 0 Å². The third kappa shape index (κ3) is 4.84. The number of likely N-dealkylation sites (N-methyl/N-ethyl adjacent to an activating group) is 1. The molecule has 0 spiro atoms. The van der Waals surface area contributed by atoms with Gasteiger partial charge < -0.3 is 24.3 Å². The van der Waals surface area contributed by atoms with E-state index in [0.29, 0.717) is 23.2 Å². The van der Waals surface area contributed by atoms with Crippen LogP contribution in [0.5, 0.6) is 11.8 Å². The van der Waals surface area contributed by atoms with Crippen LogP contribution in [0.15, 0.2) is 63.8 Å². The van der Waals surface area contributed by atoms with E-state index in [1.165, 1.54) is 6.07 Å². The van der Waals surface area contributed by atoms with Crippen molar-refractivity contribution in [3.8, 4) is 11.8 Å². The fraction of sp³-hybridized carbons (Fsp3) is 0.280. The highest BCUT2D eigenvalue weighted by Gasteiger charge is 2.20. The number of piperazine rings is 1. The van der Waals surface area contributed by atoms with Gasteiger partial charge in [-0.1, -0.05) is 25.1 Å². The molecule has 2 aromatic heterocycles. The topological polar surface area (TPSA) is 96.6 Å². The lowest BCUT2D eigenvalue weighted by Crippen LogP contribution is -2.46. The Hall–Kier alpha value is -3.98. The number of anilines is 3. The number of hydrogen-bond donors (Lipinski definition) is 1. The summed E-state index contributed by atoms with van der Waals surface area (Å²) in [5.41, 5.74) is 1.77. The van der Waals surface area contributed by atoms with Gasteiger partial charge >= 0.3 is 11.6 Å². The van der Waals surface area contributed by atoms with E-state index in [2.05, 4.69) is 37.0 Å². The number of nitrogens with one attached hydrogen (secondary N) is 1. The Morgan fingerprint density at radius 3 is 2.56 bits per heavy atom. The van der Waals surface area contributed by atoms with Crippen LogP contribution in [0.4, 0.5) is 17.6 Å². The molecule has 9 heteroatoms. The summed E-state index contributed by atoms with van der Waals surface area (Å²) in [6, 6.07) is 16.7. The quantitative estimate of drug-likeness (QED) is 0.431. The molecule has 1 aliphatic heterocycles. The van der Waals surface area contributed by atoms with Gasteiger partial charge in [0.25, 0.3) is 0 Å². The molecule has 5 rings (SSSR count). The Morgan fingerprint density at radius 2 is 1.79 bits per heavy atom. The second-order valence-electron chi connectivity index (χ2n) is 8.16. The normalized spacial score (nSPS) is 14.4. The second kappa shape index (κ2) is 9.48. The van der Waals surface area contributed by atoms with Crippen molar-refractivity contribution in [1.82, 2.24) is 19.9 Å². The Balaban J connectivity index is 1.47. The van der Waals surface area contributed by atoms with Gasteiger partial charge in [-0.3, -0.25) is 0 Å². The first-order chi connectivity index (χ1) is 16.6. The Labute approximate surface area is 197 Å². The third-order valence-corrected chi connectivity index (χ3v) is 5.87. The zero-order valence-electron chi connectivity index (χ0n) is 19.2. The fourth-order valence-corrected chi connectivity index (χ4v) is 3.98. The summed E-state index contributed by atoms with van der Waals surface area (Å²) in [7, 11) is 0. The molecule has 1 saturated heterocycles. The van der Waals surface area contributed by atoms with Crippen LogP contribution in [0, 0.1) is 6.92 Å². The molecule has 0 radical (unpaired) electrons. The predicted octanol–water partition coefficient (Wildman–Crippen LogP) is 3.96. The smallest absolute Gasteiger partial charge is 0.336 e. The second-order valence-corrected chi connectivity index (χ2v) is 8.16. The molecule has 0 unspecified atom stereocenters. The molecule has 0 atom stereocenters. The molecule has 0 aliphatic carbocycles. The average molecular weight is 459 g/mol. The van der Waals surface area contributed by atoms with Gasteiger partial charge in [-0.15, -0.1) is 0 Å². The van der Waals surface area contributed by atoms with Gasteiger partial charge in [0.05, 0.1) is 0 Å². The molecular weight excluding hydrogens is 432 g/mol. The summed E-state index contributed by atoms with van der Waals surface area (Å²) in [6.45, 7) is 8.60. The summed E-state index contributed by atoms with van der Waals surface area (Å²) in [5.74, 6) is 1.43. The summed E-state index contributed by atoms with van der Waals surface area (Å²) in [5, 5.41) is 4.09. The number of para-hydroxylation sites is 1. The van der Waals surface area contributed by atoms with Crippen molar-refractivity contribution in [2.24, 2.45) is 0 Å². The maximum atomic E-state index is 11.8. The molecule has 9 nitrogen and oxygen atoms in total. The van der Waals surface area contributed by atoms with Gasteiger partial charge in [-0.2, -0.15) is 15.0 Å². The van der Waals surface area contributed by atoms with Crippen molar-refractivity contribution in [2.75, 3.05) is 42.9 Å². The van der Waals surface area contributed by atoms with Crippen LogP contribution in [-0.2, 0) is 0 Å². The fourth-order valence-electron chi connectivity index (χ4n) is 3.98. The van der Waals surface area contributed by atoms with Crippen LogP contribution in [-0.4, -0.2) is 52.6 Å². The molecule has 1 aliphatic rings. The van der Waals surface area contributed by atoms with Gasteiger partial charge in [-0.25, -0.2) is 4.79 Å². The molecule has 174 valence electrons. The van der Waals surface area contributed by atoms with Crippen LogP contribution in [0.25, 0.3) is 11.0 Å². The molecule has 34 heavy (non-hydrogen) atoms. The number of aryl methyl sites for hydroxylation is 1. The minimum atomic E-state index is -0.398. The van der Waals surface area contributed by atoms with E-state index in [1.807, 2.05) is 49.4 Å². The predicted molar refractivity (Wildman–Crippen MR) is 131 cm³/mol. The van der Waals surface area contributed by atoms with E-state index in [4.69, 9.17) is 9.15 Å². The maximum Gasteiger partial charge on any atom is 0.336 e. The molecule has 1 fully saturated rings. The highest BCUT2D eigenvalue weighted by molar-refractivity contribution is 5.81. The minimum Gasteiger partial charge on any atom is -0.424 e. The standard InChI is InChI=1S/C25H26N6O3/c1-3-30-11-13-31(14-12-30)24-27-23(26-18-7-5-4-6-8-18)28-25(29-24)33-19-9-10-20-17(2)15-22(32)34-21(20)16-19/h4-10,15-16H,3,11-14H2,1-2H3,(H,26,27,28,29). The van der Waals surface area contributed by atoms with Crippen LogP contribution >= 0.6 is 0 Å². The van der Waals surface area contributed by atoms with Crippen molar-refractivity contribution in [1.29, 1.82) is 0 Å². The Bertz CT molecular complexity index is 1350. The van der Waals surface area contributed by atoms with Crippen molar-refractivity contribution in [2.45, 2.75) is 13.8 Å². The summed E-state index contributed by atoms with van der Waals surface area (Å²) in [6.07, 6.45) is 0. The molecule has 0 saturated carbocycles. The van der Waals surface area contributed by atoms with E-state index < -0.39 is 5.63 Å². The monoisotopic (exact) mass is 458 g/mol. The lowest BCUT2D eigenvalue weighted by molar-refractivity contribution is 0.269. The van der Waals surface area contributed by atoms with Crippen molar-refractivity contribution in [3.63, 3.8) is 0 Å². The number of hydrogen-bond acceptors (Lipinski definition) is 9. The van der Waals surface area contributed by atoms with Crippen molar-refractivity contribution >= 4 is 28.6 Å². The van der Waals surface area contributed by atoms with Crippen molar-refractivity contribution in [3.05, 3.63) is 70.6 Å².